The lowest BCUT2D eigenvalue weighted by Gasteiger charge is -2.19. The first kappa shape index (κ1) is 20.9. The molecule has 152 valence electrons. The molecule has 29 heavy (non-hydrogen) atoms. The molecule has 6 nitrogen and oxygen atoms in total. The number of carbonyl (C=O) groups is 3. The van der Waals surface area contributed by atoms with Crippen LogP contribution in [0.5, 0.6) is 5.75 Å². The Hall–Kier alpha value is -2.80. The van der Waals surface area contributed by atoms with Gasteiger partial charge in [-0.05, 0) is 47.2 Å². The van der Waals surface area contributed by atoms with Gasteiger partial charge in [-0.1, -0.05) is 50.7 Å². The Balaban J connectivity index is 1.78. The molecule has 3 amide bonds. The monoisotopic (exact) mass is 412 g/mol. The number of rotatable bonds is 5. The highest BCUT2D eigenvalue weighted by Gasteiger charge is 2.31. The van der Waals surface area contributed by atoms with Crippen molar-refractivity contribution in [3.05, 3.63) is 59.2 Å². The number of nitrogens with one attached hydrogen (secondary N) is 2. The van der Waals surface area contributed by atoms with Gasteiger partial charge >= 0.3 is 0 Å². The number of thioether (sulfide) groups is 1. The van der Waals surface area contributed by atoms with Gasteiger partial charge in [0, 0.05) is 5.69 Å². The summed E-state index contributed by atoms with van der Waals surface area (Å²) >= 11 is 0.967. The second-order valence-electron chi connectivity index (χ2n) is 7.90. The van der Waals surface area contributed by atoms with Gasteiger partial charge in [-0.25, -0.2) is 0 Å². The van der Waals surface area contributed by atoms with Crippen LogP contribution in [0, 0.1) is 0 Å². The Bertz CT molecular complexity index is 948. The maximum Gasteiger partial charge on any atom is 0.286 e. The number of hydrogen-bond acceptors (Lipinski definition) is 5. The van der Waals surface area contributed by atoms with E-state index in [0.717, 1.165) is 17.3 Å². The summed E-state index contributed by atoms with van der Waals surface area (Å²) in [7, 11) is 1.50. The molecule has 0 aromatic heterocycles. The number of benzene rings is 2. The zero-order valence-electron chi connectivity index (χ0n) is 16.9. The average molecular weight is 413 g/mol. The smallest absolute Gasteiger partial charge is 0.286 e. The number of amides is 3. The topological polar surface area (TPSA) is 84.5 Å². The number of imide groups is 1. The number of carbonyl (C=O) groups excluding carboxylic acids is 3. The molecule has 1 heterocycles. The van der Waals surface area contributed by atoms with Crippen molar-refractivity contribution in [3.8, 4) is 5.75 Å². The Morgan fingerprint density at radius 3 is 2.38 bits per heavy atom. The van der Waals surface area contributed by atoms with E-state index in [9.17, 15) is 14.4 Å². The maximum atomic E-state index is 12.9. The molecule has 1 saturated heterocycles. The van der Waals surface area contributed by atoms with E-state index in [2.05, 4.69) is 31.4 Å². The van der Waals surface area contributed by atoms with Crippen molar-refractivity contribution in [2.75, 3.05) is 12.4 Å². The Kier molecular flexibility index (Phi) is 5.98. The van der Waals surface area contributed by atoms with Crippen LogP contribution in [0.3, 0.4) is 0 Å². The molecule has 0 aliphatic carbocycles. The van der Waals surface area contributed by atoms with Crippen molar-refractivity contribution in [2.45, 2.75) is 37.9 Å². The highest BCUT2D eigenvalue weighted by molar-refractivity contribution is 8.15. The van der Waals surface area contributed by atoms with Crippen LogP contribution in [0.4, 0.5) is 10.5 Å². The van der Waals surface area contributed by atoms with Crippen LogP contribution in [-0.4, -0.2) is 29.4 Å². The fraction of sp³-hybridized carbons (Fsp3) is 0.318. The standard InChI is InChI=1S/C22H24N2O4S/c1-22(2,3)14-6-8-15(9-7-14)23-19(25)16-11-13(5-10-17(16)28-4)12-18-20(26)24-21(27)29-18/h5-11,18H,12H2,1-4H3,(H,23,25)(H,24,26,27). The maximum absolute atomic E-state index is 12.9. The second-order valence-corrected chi connectivity index (χ2v) is 9.08. The number of methoxy groups -OCH3 is 1. The molecule has 0 radical (unpaired) electrons. The fourth-order valence-electron chi connectivity index (χ4n) is 3.05. The van der Waals surface area contributed by atoms with Crippen molar-refractivity contribution in [3.63, 3.8) is 0 Å². The summed E-state index contributed by atoms with van der Waals surface area (Å²) in [5.74, 6) is -0.162. The lowest BCUT2D eigenvalue weighted by atomic mass is 9.87. The van der Waals surface area contributed by atoms with E-state index in [0.29, 0.717) is 23.4 Å². The number of anilines is 1. The van der Waals surface area contributed by atoms with Crippen LogP contribution < -0.4 is 15.4 Å². The minimum atomic E-state index is -0.489. The quantitative estimate of drug-likeness (QED) is 0.771. The van der Waals surface area contributed by atoms with Crippen LogP contribution >= 0.6 is 11.8 Å². The second kappa shape index (κ2) is 8.29. The molecule has 0 saturated carbocycles. The van der Waals surface area contributed by atoms with Crippen molar-refractivity contribution in [1.82, 2.24) is 5.32 Å². The number of ether oxygens (including phenoxy) is 1. The molecule has 3 rings (SSSR count). The normalized spacial score (nSPS) is 16.5. The van der Waals surface area contributed by atoms with Gasteiger partial charge in [0.1, 0.15) is 5.75 Å². The Morgan fingerprint density at radius 2 is 1.83 bits per heavy atom. The molecular weight excluding hydrogens is 388 g/mol. The van der Waals surface area contributed by atoms with Crippen LogP contribution in [0.2, 0.25) is 0 Å². The van der Waals surface area contributed by atoms with Gasteiger partial charge in [0.2, 0.25) is 5.91 Å². The van der Waals surface area contributed by atoms with Crippen LogP contribution in [0.15, 0.2) is 42.5 Å². The Morgan fingerprint density at radius 1 is 1.14 bits per heavy atom. The van der Waals surface area contributed by atoms with E-state index < -0.39 is 5.25 Å². The molecule has 1 aliphatic heterocycles. The van der Waals surface area contributed by atoms with Gasteiger partial charge in [-0.2, -0.15) is 0 Å². The zero-order chi connectivity index (χ0) is 21.2. The first-order valence-electron chi connectivity index (χ1n) is 9.27. The molecule has 7 heteroatoms. The van der Waals surface area contributed by atoms with Crippen LogP contribution in [0.25, 0.3) is 0 Å². The third-order valence-electron chi connectivity index (χ3n) is 4.71. The van der Waals surface area contributed by atoms with Crippen LogP contribution in [-0.2, 0) is 16.6 Å². The summed E-state index contributed by atoms with van der Waals surface area (Å²) in [5.41, 5.74) is 3.05. The molecule has 2 aromatic rings. The SMILES string of the molecule is COc1ccc(CC2SC(=O)NC2=O)cc1C(=O)Nc1ccc(C(C)(C)C)cc1. The summed E-state index contributed by atoms with van der Waals surface area (Å²) in [6, 6.07) is 12.9. The molecule has 1 unspecified atom stereocenters. The first-order chi connectivity index (χ1) is 13.7. The van der Waals surface area contributed by atoms with Gasteiger partial charge < -0.3 is 10.1 Å². The van der Waals surface area contributed by atoms with Crippen molar-refractivity contribution >= 4 is 34.5 Å². The number of hydrogen-bond donors (Lipinski definition) is 2. The van der Waals surface area contributed by atoms with Gasteiger partial charge in [-0.3, -0.25) is 19.7 Å². The zero-order valence-corrected chi connectivity index (χ0v) is 17.7. The fourth-order valence-corrected chi connectivity index (χ4v) is 3.91. The van der Waals surface area contributed by atoms with Crippen LogP contribution in [0.1, 0.15) is 42.3 Å². The average Bonchev–Trinajstić information content (AvgIpc) is 2.98. The summed E-state index contributed by atoms with van der Waals surface area (Å²) < 4.78 is 5.33. The van der Waals surface area contributed by atoms with E-state index in [1.807, 2.05) is 24.3 Å². The molecule has 1 aliphatic rings. The summed E-state index contributed by atoms with van der Waals surface area (Å²) in [6.07, 6.45) is 0.354. The summed E-state index contributed by atoms with van der Waals surface area (Å²) in [4.78, 5) is 36.0. The first-order valence-corrected chi connectivity index (χ1v) is 10.2. The largest absolute Gasteiger partial charge is 0.496 e. The predicted octanol–water partition coefficient (Wildman–Crippen LogP) is 4.14. The van der Waals surface area contributed by atoms with Gasteiger partial charge in [-0.15, -0.1) is 0 Å². The van der Waals surface area contributed by atoms with Crippen molar-refractivity contribution < 1.29 is 19.1 Å². The van der Waals surface area contributed by atoms with Crippen molar-refractivity contribution in [1.29, 1.82) is 0 Å². The molecule has 0 spiro atoms. The summed E-state index contributed by atoms with van der Waals surface area (Å²) in [6.45, 7) is 6.40. The molecule has 1 atom stereocenters. The van der Waals surface area contributed by atoms with Crippen molar-refractivity contribution in [2.24, 2.45) is 0 Å². The van der Waals surface area contributed by atoms with Gasteiger partial charge in [0.15, 0.2) is 0 Å². The van der Waals surface area contributed by atoms with E-state index in [1.165, 1.54) is 12.7 Å². The van der Waals surface area contributed by atoms with E-state index in [1.54, 1.807) is 18.2 Å². The minimum Gasteiger partial charge on any atom is -0.496 e. The molecular formula is C22H24N2O4S. The van der Waals surface area contributed by atoms with Gasteiger partial charge in [0.25, 0.3) is 11.1 Å². The van der Waals surface area contributed by atoms with E-state index in [-0.39, 0.29) is 22.5 Å². The molecule has 2 N–H and O–H groups in total. The van der Waals surface area contributed by atoms with E-state index >= 15 is 0 Å². The van der Waals surface area contributed by atoms with E-state index in [4.69, 9.17) is 4.74 Å². The molecule has 0 bridgehead atoms. The molecule has 1 fully saturated rings. The highest BCUT2D eigenvalue weighted by Crippen LogP contribution is 2.27. The lowest BCUT2D eigenvalue weighted by molar-refractivity contribution is -0.118. The third-order valence-corrected chi connectivity index (χ3v) is 5.69. The predicted molar refractivity (Wildman–Crippen MR) is 115 cm³/mol. The Labute approximate surface area is 174 Å². The minimum absolute atomic E-state index is 0.0337. The third kappa shape index (κ3) is 4.98. The van der Waals surface area contributed by atoms with Gasteiger partial charge in [0.05, 0.1) is 17.9 Å². The lowest BCUT2D eigenvalue weighted by Crippen LogP contribution is -2.25. The summed E-state index contributed by atoms with van der Waals surface area (Å²) in [5, 5.41) is 4.34. The highest BCUT2D eigenvalue weighted by atomic mass is 32.2. The molecule has 2 aromatic carbocycles.